The molecular formula is C12H7FO4. The third kappa shape index (κ3) is 2.23. The van der Waals surface area contributed by atoms with Crippen LogP contribution in [0.4, 0.5) is 4.39 Å². The predicted octanol–water partition coefficient (Wildman–Crippen LogP) is 2.03. The van der Waals surface area contributed by atoms with E-state index in [4.69, 9.17) is 9.52 Å². The molecule has 0 fully saturated rings. The van der Waals surface area contributed by atoms with Gasteiger partial charge in [0.2, 0.25) is 0 Å². The molecule has 0 amide bonds. The first-order chi connectivity index (χ1) is 8.08. The molecule has 5 heteroatoms. The maximum atomic E-state index is 13.0. The first-order valence-corrected chi connectivity index (χ1v) is 4.70. The summed E-state index contributed by atoms with van der Waals surface area (Å²) in [6.07, 6.45) is 3.07. The van der Waals surface area contributed by atoms with Gasteiger partial charge in [0.05, 0.1) is 10.9 Å². The van der Waals surface area contributed by atoms with Crippen molar-refractivity contribution < 1.29 is 18.7 Å². The lowest BCUT2D eigenvalue weighted by atomic mass is 10.1. The van der Waals surface area contributed by atoms with Crippen molar-refractivity contribution in [3.63, 3.8) is 0 Å². The maximum Gasteiger partial charge on any atom is 0.328 e. The zero-order valence-electron chi connectivity index (χ0n) is 8.51. The SMILES string of the molecule is O=C(O)/C=C/c1coc2ccc(F)cc2c1=O. The van der Waals surface area contributed by atoms with Crippen molar-refractivity contribution in [3.05, 3.63) is 52.1 Å². The number of fused-ring (bicyclic) bond motifs is 1. The summed E-state index contributed by atoms with van der Waals surface area (Å²) in [7, 11) is 0. The Hall–Kier alpha value is -2.43. The van der Waals surface area contributed by atoms with E-state index >= 15 is 0 Å². The average Bonchev–Trinajstić information content (AvgIpc) is 2.29. The summed E-state index contributed by atoms with van der Waals surface area (Å²) in [5.74, 6) is -1.73. The quantitative estimate of drug-likeness (QED) is 0.807. The van der Waals surface area contributed by atoms with Crippen molar-refractivity contribution in [2.45, 2.75) is 0 Å². The molecular weight excluding hydrogens is 227 g/mol. The van der Waals surface area contributed by atoms with E-state index in [1.165, 1.54) is 12.1 Å². The van der Waals surface area contributed by atoms with Gasteiger partial charge in [0.15, 0.2) is 5.43 Å². The number of rotatable bonds is 2. The van der Waals surface area contributed by atoms with Crippen molar-refractivity contribution in [2.75, 3.05) is 0 Å². The molecule has 2 rings (SSSR count). The Morgan fingerprint density at radius 2 is 2.18 bits per heavy atom. The summed E-state index contributed by atoms with van der Waals surface area (Å²) >= 11 is 0. The van der Waals surface area contributed by atoms with Crippen LogP contribution >= 0.6 is 0 Å². The van der Waals surface area contributed by atoms with Crippen molar-refractivity contribution in [1.82, 2.24) is 0 Å². The number of carbonyl (C=O) groups is 1. The fourth-order valence-electron chi connectivity index (χ4n) is 1.39. The molecule has 2 aromatic rings. The van der Waals surface area contributed by atoms with Crippen LogP contribution in [0, 0.1) is 5.82 Å². The van der Waals surface area contributed by atoms with Gasteiger partial charge in [-0.2, -0.15) is 0 Å². The van der Waals surface area contributed by atoms with Crippen LogP contribution in [0.2, 0.25) is 0 Å². The molecule has 4 nitrogen and oxygen atoms in total. The van der Waals surface area contributed by atoms with E-state index in [9.17, 15) is 14.0 Å². The standard InChI is InChI=1S/C12H7FO4/c13-8-2-3-10-9(5-8)12(16)7(6-17-10)1-4-11(14)15/h1-6H,(H,14,15)/b4-1+. The van der Waals surface area contributed by atoms with Crippen molar-refractivity contribution >= 4 is 23.0 Å². The molecule has 1 heterocycles. The second-order valence-corrected chi connectivity index (χ2v) is 3.33. The molecule has 1 N–H and O–H groups in total. The van der Waals surface area contributed by atoms with Crippen LogP contribution in [-0.4, -0.2) is 11.1 Å². The number of carboxylic acid groups (broad SMARTS) is 1. The Labute approximate surface area is 94.6 Å². The Kier molecular flexibility index (Phi) is 2.74. The van der Waals surface area contributed by atoms with Gasteiger partial charge in [-0.25, -0.2) is 9.18 Å². The average molecular weight is 234 g/mol. The van der Waals surface area contributed by atoms with Gasteiger partial charge in [0.1, 0.15) is 17.7 Å². The highest BCUT2D eigenvalue weighted by molar-refractivity contribution is 5.86. The molecule has 0 radical (unpaired) electrons. The van der Waals surface area contributed by atoms with Crippen LogP contribution in [0.15, 0.2) is 39.7 Å². The first-order valence-electron chi connectivity index (χ1n) is 4.70. The van der Waals surface area contributed by atoms with E-state index in [-0.39, 0.29) is 16.5 Å². The van der Waals surface area contributed by atoms with Gasteiger partial charge in [-0.15, -0.1) is 0 Å². The topological polar surface area (TPSA) is 67.5 Å². The highest BCUT2D eigenvalue weighted by Crippen LogP contribution is 2.13. The van der Waals surface area contributed by atoms with Crippen LogP contribution < -0.4 is 5.43 Å². The minimum atomic E-state index is -1.18. The Balaban J connectivity index is 2.65. The van der Waals surface area contributed by atoms with E-state index in [0.29, 0.717) is 0 Å². The Morgan fingerprint density at radius 1 is 1.41 bits per heavy atom. The van der Waals surface area contributed by atoms with Gasteiger partial charge in [-0.3, -0.25) is 4.79 Å². The monoisotopic (exact) mass is 234 g/mol. The van der Waals surface area contributed by atoms with E-state index in [2.05, 4.69) is 0 Å². The van der Waals surface area contributed by atoms with E-state index in [1.54, 1.807) is 0 Å². The fraction of sp³-hybridized carbons (Fsp3) is 0. The second kappa shape index (κ2) is 4.21. The summed E-state index contributed by atoms with van der Waals surface area (Å²) in [5, 5.41) is 8.52. The van der Waals surface area contributed by atoms with Gasteiger partial charge in [-0.1, -0.05) is 0 Å². The van der Waals surface area contributed by atoms with Crippen LogP contribution in [0.1, 0.15) is 5.56 Å². The molecule has 0 aliphatic rings. The summed E-state index contributed by atoms with van der Waals surface area (Å²) in [6.45, 7) is 0. The van der Waals surface area contributed by atoms with Crippen LogP contribution in [0.5, 0.6) is 0 Å². The predicted molar refractivity (Wildman–Crippen MR) is 59.1 cm³/mol. The molecule has 1 aromatic heterocycles. The van der Waals surface area contributed by atoms with Gasteiger partial charge in [0, 0.05) is 6.08 Å². The molecule has 0 aliphatic heterocycles. The number of hydrogen-bond donors (Lipinski definition) is 1. The summed E-state index contributed by atoms with van der Waals surface area (Å²) in [6, 6.07) is 3.58. The molecule has 0 saturated carbocycles. The molecule has 0 bridgehead atoms. The lowest BCUT2D eigenvalue weighted by Crippen LogP contribution is -2.05. The lowest BCUT2D eigenvalue weighted by Gasteiger charge is -1.98. The van der Waals surface area contributed by atoms with Gasteiger partial charge < -0.3 is 9.52 Å². The van der Waals surface area contributed by atoms with E-state index in [1.807, 2.05) is 0 Å². The number of aliphatic carboxylic acids is 1. The van der Waals surface area contributed by atoms with Crippen molar-refractivity contribution in [1.29, 1.82) is 0 Å². The number of halogens is 1. The minimum absolute atomic E-state index is 0.0606. The highest BCUT2D eigenvalue weighted by Gasteiger charge is 2.06. The third-order valence-electron chi connectivity index (χ3n) is 2.17. The van der Waals surface area contributed by atoms with Crippen molar-refractivity contribution in [3.8, 4) is 0 Å². The van der Waals surface area contributed by atoms with Crippen LogP contribution in [0.3, 0.4) is 0 Å². The normalized spacial score (nSPS) is 11.1. The Bertz CT molecular complexity index is 670. The molecule has 0 spiro atoms. The summed E-state index contributed by atoms with van der Waals surface area (Å²) in [4.78, 5) is 22.1. The molecule has 86 valence electrons. The van der Waals surface area contributed by atoms with Gasteiger partial charge in [0.25, 0.3) is 0 Å². The molecule has 1 aromatic carbocycles. The summed E-state index contributed by atoms with van der Waals surface area (Å²) < 4.78 is 18.1. The third-order valence-corrected chi connectivity index (χ3v) is 2.17. The zero-order valence-corrected chi connectivity index (χ0v) is 8.51. The molecule has 0 aliphatic carbocycles. The van der Waals surface area contributed by atoms with Crippen molar-refractivity contribution in [2.24, 2.45) is 0 Å². The first kappa shape index (κ1) is 11.1. The maximum absolute atomic E-state index is 13.0. The molecule has 17 heavy (non-hydrogen) atoms. The van der Waals surface area contributed by atoms with Gasteiger partial charge in [-0.05, 0) is 24.3 Å². The molecule has 0 atom stereocenters. The van der Waals surface area contributed by atoms with Crippen LogP contribution in [-0.2, 0) is 4.79 Å². The largest absolute Gasteiger partial charge is 0.478 e. The lowest BCUT2D eigenvalue weighted by molar-refractivity contribution is -0.131. The number of carboxylic acids is 1. The van der Waals surface area contributed by atoms with E-state index < -0.39 is 17.2 Å². The van der Waals surface area contributed by atoms with E-state index in [0.717, 1.165) is 24.5 Å². The van der Waals surface area contributed by atoms with Gasteiger partial charge >= 0.3 is 5.97 Å². The zero-order chi connectivity index (χ0) is 12.4. The summed E-state index contributed by atoms with van der Waals surface area (Å²) in [5.41, 5.74) is -0.155. The highest BCUT2D eigenvalue weighted by atomic mass is 19.1. The second-order valence-electron chi connectivity index (χ2n) is 3.33. The molecule has 0 unspecified atom stereocenters. The van der Waals surface area contributed by atoms with Crippen LogP contribution in [0.25, 0.3) is 17.0 Å². The number of benzene rings is 1. The molecule has 0 saturated heterocycles. The minimum Gasteiger partial charge on any atom is -0.478 e. The fourth-order valence-corrected chi connectivity index (χ4v) is 1.39. The number of hydrogen-bond acceptors (Lipinski definition) is 3. The Morgan fingerprint density at radius 3 is 2.88 bits per heavy atom. The smallest absolute Gasteiger partial charge is 0.328 e.